The predicted molar refractivity (Wildman–Crippen MR) is 170 cm³/mol. The maximum Gasteiger partial charge on any atom is 0.159 e. The van der Waals surface area contributed by atoms with Gasteiger partial charge in [0, 0.05) is 38.2 Å². The minimum absolute atomic E-state index is 0.883. The number of hydrogen-bond acceptors (Lipinski definition) is 1. The topological polar surface area (TPSA) is 23.0 Å². The van der Waals surface area contributed by atoms with Crippen LogP contribution in [0.15, 0.2) is 126 Å². The Bertz CT molecular complexity index is 2290. The zero-order valence-corrected chi connectivity index (χ0v) is 22.1. The molecule has 0 aliphatic heterocycles. The molecule has 0 spiro atoms. The number of para-hydroxylation sites is 4. The highest BCUT2D eigenvalue weighted by molar-refractivity contribution is 6.24. The monoisotopic (exact) mass is 514 g/mol. The van der Waals surface area contributed by atoms with E-state index < -0.39 is 0 Å². The fourth-order valence-electron chi connectivity index (χ4n) is 6.44. The molecule has 0 atom stereocenters. The number of fused-ring (bicyclic) bond motifs is 8. The summed E-state index contributed by atoms with van der Waals surface area (Å²) in [6.07, 6.45) is 6.28. The SMILES string of the molecule is C=Cc1c(/C=C\C)n(-c2cccc3c2oc2ccccc23)c2ccc3c(c4ccccc4n3-c3ccccc3)c12. The molecule has 8 rings (SSSR count). The summed E-state index contributed by atoms with van der Waals surface area (Å²) >= 11 is 0. The zero-order chi connectivity index (χ0) is 26.8. The van der Waals surface area contributed by atoms with Gasteiger partial charge in [0.2, 0.25) is 0 Å². The van der Waals surface area contributed by atoms with Crippen molar-refractivity contribution < 1.29 is 4.42 Å². The van der Waals surface area contributed by atoms with Crippen LogP contribution in [0.25, 0.3) is 78.2 Å². The standard InChI is InChI=1S/C37H26N2O/c1-3-13-29-25(4-2)35-32(39(29)33-20-12-18-27-26-16-9-11-21-34(26)40-37(27)33)23-22-31-36(35)28-17-8-10-19-30(28)38(31)24-14-6-5-7-15-24/h3-23H,2H2,1H3/b13-3-. The summed E-state index contributed by atoms with van der Waals surface area (Å²) in [5.74, 6) is 0. The molecule has 40 heavy (non-hydrogen) atoms. The summed E-state index contributed by atoms with van der Waals surface area (Å²) in [5, 5.41) is 5.89. The fourth-order valence-corrected chi connectivity index (χ4v) is 6.44. The molecule has 0 radical (unpaired) electrons. The van der Waals surface area contributed by atoms with Crippen LogP contribution in [0.5, 0.6) is 0 Å². The van der Waals surface area contributed by atoms with E-state index in [9.17, 15) is 0 Å². The summed E-state index contributed by atoms with van der Waals surface area (Å²) in [4.78, 5) is 0. The molecule has 0 unspecified atom stereocenters. The van der Waals surface area contributed by atoms with Crippen molar-refractivity contribution in [2.24, 2.45) is 0 Å². The summed E-state index contributed by atoms with van der Waals surface area (Å²) < 4.78 is 11.2. The van der Waals surface area contributed by atoms with Crippen LogP contribution < -0.4 is 0 Å². The molecular weight excluding hydrogens is 488 g/mol. The zero-order valence-electron chi connectivity index (χ0n) is 22.1. The molecule has 8 aromatic rings. The van der Waals surface area contributed by atoms with Gasteiger partial charge in [0.25, 0.3) is 0 Å². The minimum Gasteiger partial charge on any atom is -0.454 e. The van der Waals surface area contributed by atoms with Gasteiger partial charge in [0.05, 0.1) is 27.9 Å². The molecule has 0 amide bonds. The Balaban J connectivity index is 1.58. The van der Waals surface area contributed by atoms with Crippen LogP contribution in [-0.4, -0.2) is 9.13 Å². The Morgan fingerprint density at radius 1 is 0.625 bits per heavy atom. The van der Waals surface area contributed by atoms with Gasteiger partial charge in [-0.1, -0.05) is 85.5 Å². The summed E-state index contributed by atoms with van der Waals surface area (Å²) in [7, 11) is 0. The average molecular weight is 515 g/mol. The van der Waals surface area contributed by atoms with Crippen molar-refractivity contribution in [1.82, 2.24) is 9.13 Å². The molecular formula is C37H26N2O. The maximum absolute atomic E-state index is 6.51. The van der Waals surface area contributed by atoms with Crippen molar-refractivity contribution in [2.45, 2.75) is 6.92 Å². The highest BCUT2D eigenvalue weighted by atomic mass is 16.3. The van der Waals surface area contributed by atoms with E-state index in [0.717, 1.165) is 50.1 Å². The molecule has 3 aromatic heterocycles. The van der Waals surface area contributed by atoms with E-state index in [4.69, 9.17) is 4.42 Å². The summed E-state index contributed by atoms with van der Waals surface area (Å²) in [6, 6.07) is 38.5. The second-order valence-electron chi connectivity index (χ2n) is 10.1. The van der Waals surface area contributed by atoms with Crippen LogP contribution in [0.1, 0.15) is 18.2 Å². The lowest BCUT2D eigenvalue weighted by Crippen LogP contribution is -1.97. The number of hydrogen-bond donors (Lipinski definition) is 0. The quantitative estimate of drug-likeness (QED) is 0.229. The number of benzene rings is 5. The van der Waals surface area contributed by atoms with Gasteiger partial charge in [-0.05, 0) is 55.5 Å². The first-order valence-corrected chi connectivity index (χ1v) is 13.6. The Hall–Kier alpha value is -5.28. The first kappa shape index (κ1) is 22.7. The Morgan fingerprint density at radius 2 is 1.32 bits per heavy atom. The van der Waals surface area contributed by atoms with E-state index in [1.807, 2.05) is 18.2 Å². The number of aromatic nitrogens is 2. The minimum atomic E-state index is 0.883. The normalized spacial score (nSPS) is 12.1. The Kier molecular flexibility index (Phi) is 4.89. The largest absolute Gasteiger partial charge is 0.454 e. The molecule has 3 heterocycles. The Morgan fingerprint density at radius 3 is 2.12 bits per heavy atom. The molecule has 0 saturated carbocycles. The van der Waals surface area contributed by atoms with Crippen molar-refractivity contribution in [1.29, 1.82) is 0 Å². The molecule has 190 valence electrons. The summed E-state index contributed by atoms with van der Waals surface area (Å²) in [6.45, 7) is 6.37. The molecule has 0 N–H and O–H groups in total. The van der Waals surface area contributed by atoms with E-state index in [-0.39, 0.29) is 0 Å². The molecule has 0 bridgehead atoms. The van der Waals surface area contributed by atoms with Crippen molar-refractivity contribution in [3.8, 4) is 11.4 Å². The molecule has 3 nitrogen and oxygen atoms in total. The number of allylic oxidation sites excluding steroid dienone is 1. The van der Waals surface area contributed by atoms with E-state index in [1.54, 1.807) is 0 Å². The molecule has 5 aromatic carbocycles. The lowest BCUT2D eigenvalue weighted by atomic mass is 10.0. The highest BCUT2D eigenvalue weighted by Crippen LogP contribution is 2.43. The molecule has 3 heteroatoms. The molecule has 0 fully saturated rings. The van der Waals surface area contributed by atoms with Gasteiger partial charge in [-0.2, -0.15) is 0 Å². The van der Waals surface area contributed by atoms with Crippen molar-refractivity contribution in [3.63, 3.8) is 0 Å². The number of rotatable bonds is 4. The van der Waals surface area contributed by atoms with E-state index in [2.05, 4.69) is 132 Å². The van der Waals surface area contributed by atoms with Gasteiger partial charge in [-0.3, -0.25) is 0 Å². The van der Waals surface area contributed by atoms with Crippen LogP contribution in [0.3, 0.4) is 0 Å². The van der Waals surface area contributed by atoms with Crippen LogP contribution in [0, 0.1) is 0 Å². The lowest BCUT2D eigenvalue weighted by molar-refractivity contribution is 0.666. The van der Waals surface area contributed by atoms with Gasteiger partial charge in [-0.25, -0.2) is 0 Å². The van der Waals surface area contributed by atoms with Crippen molar-refractivity contribution >= 4 is 66.8 Å². The van der Waals surface area contributed by atoms with E-state index >= 15 is 0 Å². The number of furan rings is 1. The summed E-state index contributed by atoms with van der Waals surface area (Å²) in [5.41, 5.74) is 9.63. The number of nitrogens with zero attached hydrogens (tertiary/aromatic N) is 2. The van der Waals surface area contributed by atoms with Gasteiger partial charge in [0.1, 0.15) is 5.58 Å². The van der Waals surface area contributed by atoms with E-state index in [1.165, 1.54) is 27.2 Å². The van der Waals surface area contributed by atoms with Gasteiger partial charge in [0.15, 0.2) is 5.58 Å². The van der Waals surface area contributed by atoms with Gasteiger partial charge >= 0.3 is 0 Å². The third-order valence-electron chi connectivity index (χ3n) is 8.01. The second kappa shape index (κ2) is 8.62. The van der Waals surface area contributed by atoms with Crippen LogP contribution in [0.2, 0.25) is 0 Å². The highest BCUT2D eigenvalue weighted by Gasteiger charge is 2.23. The van der Waals surface area contributed by atoms with Crippen LogP contribution >= 0.6 is 0 Å². The fraction of sp³-hybridized carbons (Fsp3) is 0.0270. The molecule has 0 saturated heterocycles. The Labute approximate surface area is 231 Å². The average Bonchev–Trinajstić information content (AvgIpc) is 3.65. The maximum atomic E-state index is 6.51. The molecule has 0 aliphatic carbocycles. The van der Waals surface area contributed by atoms with Crippen LogP contribution in [0.4, 0.5) is 0 Å². The first-order valence-electron chi connectivity index (χ1n) is 13.6. The molecule has 0 aliphatic rings. The van der Waals surface area contributed by atoms with Gasteiger partial charge < -0.3 is 13.6 Å². The third kappa shape index (κ3) is 3.00. The van der Waals surface area contributed by atoms with Crippen molar-refractivity contribution in [3.05, 3.63) is 133 Å². The van der Waals surface area contributed by atoms with Gasteiger partial charge in [-0.15, -0.1) is 0 Å². The first-order chi connectivity index (χ1) is 19.8. The van der Waals surface area contributed by atoms with Crippen LogP contribution in [-0.2, 0) is 0 Å². The van der Waals surface area contributed by atoms with E-state index in [0.29, 0.717) is 0 Å². The third-order valence-corrected chi connectivity index (χ3v) is 8.01. The predicted octanol–water partition coefficient (Wildman–Crippen LogP) is 10.3. The second-order valence-corrected chi connectivity index (χ2v) is 10.1. The smallest absolute Gasteiger partial charge is 0.159 e. The van der Waals surface area contributed by atoms with Crippen molar-refractivity contribution in [2.75, 3.05) is 0 Å². The lowest BCUT2D eigenvalue weighted by Gasteiger charge is -2.10.